The number of hydrogen-bond donors (Lipinski definition) is 2. The third-order valence-electron chi connectivity index (χ3n) is 3.46. The highest BCUT2D eigenvalue weighted by molar-refractivity contribution is 5.38. The zero-order chi connectivity index (χ0) is 12.6. The minimum atomic E-state index is -0.599. The monoisotopic (exact) mass is 245 g/mol. The van der Waals surface area contributed by atoms with Gasteiger partial charge in [0.1, 0.15) is 6.04 Å². The van der Waals surface area contributed by atoms with Crippen LogP contribution in [-0.4, -0.2) is 21.9 Å². The molecule has 3 N–H and O–H groups in total. The molecule has 1 atom stereocenters. The first-order chi connectivity index (χ1) is 8.76. The molecule has 0 radical (unpaired) electrons. The van der Waals surface area contributed by atoms with Crippen LogP contribution in [0.1, 0.15) is 36.2 Å². The quantitative estimate of drug-likeness (QED) is 0.843. The third-order valence-corrected chi connectivity index (χ3v) is 3.46. The number of nitrogens with two attached hydrogens (primary N) is 1. The second-order valence-electron chi connectivity index (χ2n) is 4.69. The summed E-state index contributed by atoms with van der Waals surface area (Å²) in [4.78, 5) is 4.33. The van der Waals surface area contributed by atoms with Gasteiger partial charge in [-0.1, -0.05) is 35.5 Å². The van der Waals surface area contributed by atoms with Crippen molar-refractivity contribution in [2.24, 2.45) is 5.73 Å². The molecule has 0 amide bonds. The highest BCUT2D eigenvalue weighted by Gasteiger charge is 2.50. The summed E-state index contributed by atoms with van der Waals surface area (Å²) >= 11 is 0. The molecule has 0 unspecified atom stereocenters. The van der Waals surface area contributed by atoms with Crippen LogP contribution in [0, 0.1) is 0 Å². The Bertz CT molecular complexity index is 534. The van der Waals surface area contributed by atoms with Gasteiger partial charge in [0, 0.05) is 0 Å². The molecule has 2 aromatic rings. The van der Waals surface area contributed by atoms with Crippen LogP contribution in [0.15, 0.2) is 34.9 Å². The number of aromatic nitrogens is 2. The van der Waals surface area contributed by atoms with E-state index in [1.165, 1.54) is 5.56 Å². The molecular formula is C13H15N3O2. The molecule has 5 heteroatoms. The second kappa shape index (κ2) is 4.19. The molecule has 5 nitrogen and oxygen atoms in total. The van der Waals surface area contributed by atoms with E-state index in [1.807, 2.05) is 18.2 Å². The van der Waals surface area contributed by atoms with Crippen molar-refractivity contribution in [3.8, 4) is 0 Å². The van der Waals surface area contributed by atoms with Crippen LogP contribution < -0.4 is 5.73 Å². The van der Waals surface area contributed by atoms with E-state index in [0.29, 0.717) is 11.7 Å². The van der Waals surface area contributed by atoms with Gasteiger partial charge in [-0.05, 0) is 18.4 Å². The van der Waals surface area contributed by atoms with E-state index < -0.39 is 6.04 Å². The van der Waals surface area contributed by atoms with E-state index in [9.17, 15) is 0 Å². The summed E-state index contributed by atoms with van der Waals surface area (Å²) in [5, 5.41) is 13.0. The van der Waals surface area contributed by atoms with Crippen molar-refractivity contribution in [2.45, 2.75) is 24.3 Å². The minimum Gasteiger partial charge on any atom is -0.394 e. The lowest BCUT2D eigenvalue weighted by molar-refractivity contribution is 0.236. The number of aliphatic hydroxyl groups is 1. The van der Waals surface area contributed by atoms with Crippen molar-refractivity contribution in [3.63, 3.8) is 0 Å². The first-order valence-electron chi connectivity index (χ1n) is 6.02. The Kier molecular flexibility index (Phi) is 2.65. The molecule has 1 aliphatic rings. The largest absolute Gasteiger partial charge is 0.394 e. The number of rotatable bonds is 4. The van der Waals surface area contributed by atoms with E-state index in [4.69, 9.17) is 15.4 Å². The molecule has 3 rings (SSSR count). The van der Waals surface area contributed by atoms with Crippen molar-refractivity contribution in [1.29, 1.82) is 0 Å². The van der Waals surface area contributed by atoms with Gasteiger partial charge in [-0.15, -0.1) is 0 Å². The number of nitrogens with zero attached hydrogens (tertiary/aromatic N) is 2. The van der Waals surface area contributed by atoms with Crippen molar-refractivity contribution >= 4 is 0 Å². The summed E-state index contributed by atoms with van der Waals surface area (Å²) in [5.41, 5.74) is 6.75. The molecule has 18 heavy (non-hydrogen) atoms. The third kappa shape index (κ3) is 1.72. The van der Waals surface area contributed by atoms with Gasteiger partial charge in [0.25, 0.3) is 0 Å². The summed E-state index contributed by atoms with van der Waals surface area (Å²) in [6, 6.07) is 9.57. The molecule has 1 aliphatic carbocycles. The fraction of sp³-hybridized carbons (Fsp3) is 0.385. The standard InChI is InChI=1S/C13H15N3O2/c14-10(8-17)11-15-12(16-18-11)13(6-7-13)9-4-2-1-3-5-9/h1-5,10,17H,6-8,14H2/t10-/m1/s1. The van der Waals surface area contributed by atoms with Crippen molar-refractivity contribution < 1.29 is 9.63 Å². The molecule has 0 saturated heterocycles. The lowest BCUT2D eigenvalue weighted by atomic mass is 9.95. The Labute approximate surface area is 105 Å². The van der Waals surface area contributed by atoms with Gasteiger partial charge < -0.3 is 15.4 Å². The average Bonchev–Trinajstić information content (AvgIpc) is 3.10. The summed E-state index contributed by atoms with van der Waals surface area (Å²) < 4.78 is 5.12. The lowest BCUT2D eigenvalue weighted by Crippen LogP contribution is -2.16. The molecule has 1 saturated carbocycles. The highest BCUT2D eigenvalue weighted by atomic mass is 16.5. The van der Waals surface area contributed by atoms with Crippen molar-refractivity contribution in [2.75, 3.05) is 6.61 Å². The van der Waals surface area contributed by atoms with Crippen LogP contribution in [0.3, 0.4) is 0 Å². The number of aliphatic hydroxyl groups excluding tert-OH is 1. The highest BCUT2D eigenvalue weighted by Crippen LogP contribution is 2.52. The second-order valence-corrected chi connectivity index (χ2v) is 4.69. The van der Waals surface area contributed by atoms with Gasteiger partial charge in [0.15, 0.2) is 5.82 Å². The van der Waals surface area contributed by atoms with Crippen molar-refractivity contribution in [1.82, 2.24) is 10.1 Å². The number of benzene rings is 1. The Morgan fingerprint density at radius 2 is 2.06 bits per heavy atom. The first-order valence-corrected chi connectivity index (χ1v) is 6.02. The minimum absolute atomic E-state index is 0.113. The van der Waals surface area contributed by atoms with E-state index in [2.05, 4.69) is 22.3 Å². The van der Waals surface area contributed by atoms with Gasteiger partial charge in [-0.25, -0.2) is 0 Å². The fourth-order valence-corrected chi connectivity index (χ4v) is 2.18. The summed E-state index contributed by atoms with van der Waals surface area (Å²) in [6.07, 6.45) is 2.04. The van der Waals surface area contributed by atoms with Crippen LogP contribution in [-0.2, 0) is 5.41 Å². The Balaban J connectivity index is 1.93. The van der Waals surface area contributed by atoms with E-state index >= 15 is 0 Å². The molecule has 0 aliphatic heterocycles. The molecule has 1 fully saturated rings. The molecular weight excluding hydrogens is 230 g/mol. The SMILES string of the molecule is N[C@H](CO)c1nc(C2(c3ccccc3)CC2)no1. The molecule has 1 heterocycles. The molecule has 0 bridgehead atoms. The maximum atomic E-state index is 8.98. The van der Waals surface area contributed by atoms with Gasteiger partial charge >= 0.3 is 0 Å². The molecule has 94 valence electrons. The van der Waals surface area contributed by atoms with Crippen LogP contribution in [0.4, 0.5) is 0 Å². The average molecular weight is 245 g/mol. The van der Waals surface area contributed by atoms with Gasteiger partial charge in [-0.3, -0.25) is 0 Å². The van der Waals surface area contributed by atoms with Gasteiger partial charge in [-0.2, -0.15) is 4.98 Å². The van der Waals surface area contributed by atoms with E-state index in [-0.39, 0.29) is 12.0 Å². The predicted molar refractivity (Wildman–Crippen MR) is 64.8 cm³/mol. The van der Waals surface area contributed by atoms with Crippen LogP contribution in [0.25, 0.3) is 0 Å². The Morgan fingerprint density at radius 3 is 2.67 bits per heavy atom. The molecule has 1 aromatic heterocycles. The van der Waals surface area contributed by atoms with Crippen LogP contribution >= 0.6 is 0 Å². The summed E-state index contributed by atoms with van der Waals surface area (Å²) in [6.45, 7) is -0.194. The summed E-state index contributed by atoms with van der Waals surface area (Å²) in [7, 11) is 0. The number of hydrogen-bond acceptors (Lipinski definition) is 5. The smallest absolute Gasteiger partial charge is 0.245 e. The fourth-order valence-electron chi connectivity index (χ4n) is 2.18. The molecule has 0 spiro atoms. The van der Waals surface area contributed by atoms with Crippen LogP contribution in [0.5, 0.6) is 0 Å². The Hall–Kier alpha value is -1.72. The van der Waals surface area contributed by atoms with Crippen LogP contribution in [0.2, 0.25) is 0 Å². The lowest BCUT2D eigenvalue weighted by Gasteiger charge is -2.10. The topological polar surface area (TPSA) is 85.2 Å². The zero-order valence-corrected chi connectivity index (χ0v) is 9.91. The van der Waals surface area contributed by atoms with Crippen molar-refractivity contribution in [3.05, 3.63) is 47.6 Å². The summed E-state index contributed by atoms with van der Waals surface area (Å²) in [5.74, 6) is 0.974. The first kappa shape index (κ1) is 11.4. The van der Waals surface area contributed by atoms with Gasteiger partial charge in [0.05, 0.1) is 12.0 Å². The molecule has 1 aromatic carbocycles. The van der Waals surface area contributed by atoms with Gasteiger partial charge in [0.2, 0.25) is 5.89 Å². The van der Waals surface area contributed by atoms with E-state index in [0.717, 1.165) is 12.8 Å². The normalized spacial score (nSPS) is 18.6. The Morgan fingerprint density at radius 1 is 1.33 bits per heavy atom. The predicted octanol–water partition coefficient (Wildman–Crippen LogP) is 1.14. The zero-order valence-electron chi connectivity index (χ0n) is 9.91. The van der Waals surface area contributed by atoms with E-state index in [1.54, 1.807) is 0 Å². The maximum Gasteiger partial charge on any atom is 0.245 e. The maximum absolute atomic E-state index is 8.98.